The molecule has 0 aromatic carbocycles. The van der Waals surface area contributed by atoms with E-state index < -0.39 is 12.1 Å². The van der Waals surface area contributed by atoms with E-state index in [-0.39, 0.29) is 84.9 Å². The fourth-order valence-corrected chi connectivity index (χ4v) is 4.44. The van der Waals surface area contributed by atoms with Gasteiger partial charge in [0.1, 0.15) is 23.1 Å². The van der Waals surface area contributed by atoms with Gasteiger partial charge in [0.25, 0.3) is 0 Å². The molecular weight excluding hydrogens is 528 g/mol. The van der Waals surface area contributed by atoms with Crippen LogP contribution in [0.25, 0.3) is 0 Å². The van der Waals surface area contributed by atoms with E-state index in [4.69, 9.17) is 0 Å². The third-order valence-corrected chi connectivity index (χ3v) is 6.80. The van der Waals surface area contributed by atoms with Crippen LogP contribution in [0.3, 0.4) is 0 Å². The van der Waals surface area contributed by atoms with Crippen LogP contribution in [0.15, 0.2) is 0 Å². The molecule has 11 heteroatoms. The van der Waals surface area contributed by atoms with E-state index in [0.717, 1.165) is 0 Å². The molecule has 0 aliphatic carbocycles. The Bertz CT molecular complexity index is 890. The van der Waals surface area contributed by atoms with Crippen LogP contribution in [-0.4, -0.2) is 72.6 Å². The fourth-order valence-electron chi connectivity index (χ4n) is 4.44. The standard InChI is InChI=1S/C30H52N4O7/c1-20(9-10-21(2)35)16-29(40)34-27(14-12-23(4)37)19-30(41)33-26(17-24(5)38)8-7-15-32-28(39)18-25(31-6)13-11-22(3)36/h20,25-27,31H,7-19H2,1-6H3,(H,32,39)(H,33,41)(H,34,40). The summed E-state index contributed by atoms with van der Waals surface area (Å²) >= 11 is 0. The Balaban J connectivity index is 4.88. The second-order valence-electron chi connectivity index (χ2n) is 11.4. The van der Waals surface area contributed by atoms with Crippen molar-refractivity contribution in [3.63, 3.8) is 0 Å². The zero-order valence-corrected chi connectivity index (χ0v) is 25.9. The maximum absolute atomic E-state index is 12.9. The Morgan fingerprint density at radius 2 is 1.00 bits per heavy atom. The lowest BCUT2D eigenvalue weighted by Crippen LogP contribution is -2.43. The molecule has 0 aliphatic heterocycles. The molecule has 0 fully saturated rings. The topological polar surface area (TPSA) is 168 Å². The van der Waals surface area contributed by atoms with Crippen LogP contribution in [0.5, 0.6) is 0 Å². The van der Waals surface area contributed by atoms with Crippen molar-refractivity contribution >= 4 is 40.9 Å². The van der Waals surface area contributed by atoms with E-state index >= 15 is 0 Å². The van der Waals surface area contributed by atoms with Crippen molar-refractivity contribution in [3.05, 3.63) is 0 Å². The van der Waals surface area contributed by atoms with E-state index in [1.807, 2.05) is 6.92 Å². The highest BCUT2D eigenvalue weighted by molar-refractivity contribution is 5.82. The first-order valence-corrected chi connectivity index (χ1v) is 14.7. The first-order chi connectivity index (χ1) is 19.2. The van der Waals surface area contributed by atoms with Gasteiger partial charge in [-0.25, -0.2) is 0 Å². The number of Topliss-reactive ketones (excluding diaryl/α,β-unsaturated/α-hetero) is 4. The lowest BCUT2D eigenvalue weighted by molar-refractivity contribution is -0.126. The predicted octanol–water partition coefficient (Wildman–Crippen LogP) is 2.33. The molecule has 11 nitrogen and oxygen atoms in total. The summed E-state index contributed by atoms with van der Waals surface area (Å²) in [6, 6.07) is -1.05. The molecule has 0 aromatic rings. The van der Waals surface area contributed by atoms with Crippen molar-refractivity contribution in [2.75, 3.05) is 13.6 Å². The molecule has 41 heavy (non-hydrogen) atoms. The van der Waals surface area contributed by atoms with Gasteiger partial charge in [0.2, 0.25) is 17.7 Å². The van der Waals surface area contributed by atoms with E-state index in [2.05, 4.69) is 21.3 Å². The van der Waals surface area contributed by atoms with Crippen molar-refractivity contribution < 1.29 is 33.6 Å². The summed E-state index contributed by atoms with van der Waals surface area (Å²) in [4.78, 5) is 83.5. The predicted molar refractivity (Wildman–Crippen MR) is 157 cm³/mol. The lowest BCUT2D eigenvalue weighted by atomic mass is 9.99. The van der Waals surface area contributed by atoms with Crippen LogP contribution in [0.2, 0.25) is 0 Å². The number of amides is 3. The monoisotopic (exact) mass is 580 g/mol. The van der Waals surface area contributed by atoms with Gasteiger partial charge in [0, 0.05) is 69.6 Å². The number of carbonyl (C=O) groups is 7. The minimum Gasteiger partial charge on any atom is -0.356 e. The van der Waals surface area contributed by atoms with Crippen LogP contribution in [-0.2, 0) is 33.6 Å². The van der Waals surface area contributed by atoms with Crippen molar-refractivity contribution in [2.45, 2.75) is 130 Å². The van der Waals surface area contributed by atoms with Gasteiger partial charge in [-0.15, -0.1) is 0 Å². The molecular formula is C30H52N4O7. The second kappa shape index (κ2) is 21.8. The Kier molecular flexibility index (Phi) is 20.2. The fraction of sp³-hybridized carbons (Fsp3) is 0.767. The summed E-state index contributed by atoms with van der Waals surface area (Å²) in [5.41, 5.74) is 0. The zero-order chi connectivity index (χ0) is 31.4. The minimum absolute atomic E-state index is 0.00582. The van der Waals surface area contributed by atoms with Gasteiger partial charge >= 0.3 is 0 Å². The highest BCUT2D eigenvalue weighted by Crippen LogP contribution is 2.12. The lowest BCUT2D eigenvalue weighted by Gasteiger charge is -2.22. The SMILES string of the molecule is CNC(CCC(C)=O)CC(=O)NCCCC(CC(C)=O)NC(=O)CC(CCC(C)=O)NC(=O)CC(C)CCC(C)=O. The van der Waals surface area contributed by atoms with E-state index in [1.165, 1.54) is 27.7 Å². The van der Waals surface area contributed by atoms with Crippen molar-refractivity contribution in [1.82, 2.24) is 21.3 Å². The van der Waals surface area contributed by atoms with Gasteiger partial charge in [-0.1, -0.05) is 6.92 Å². The van der Waals surface area contributed by atoms with Gasteiger partial charge < -0.3 is 35.7 Å². The van der Waals surface area contributed by atoms with E-state index in [0.29, 0.717) is 51.5 Å². The Morgan fingerprint density at radius 3 is 1.51 bits per heavy atom. The first kappa shape index (κ1) is 38.0. The number of ketones is 4. The van der Waals surface area contributed by atoms with Gasteiger partial charge in [0.15, 0.2) is 0 Å². The number of hydrogen-bond donors (Lipinski definition) is 4. The molecule has 4 N–H and O–H groups in total. The third kappa shape index (κ3) is 22.4. The molecule has 4 unspecified atom stereocenters. The largest absolute Gasteiger partial charge is 0.356 e. The summed E-state index contributed by atoms with van der Waals surface area (Å²) in [6.07, 6.45) is 4.14. The average Bonchev–Trinajstić information content (AvgIpc) is 2.85. The summed E-state index contributed by atoms with van der Waals surface area (Å²) in [7, 11) is 1.75. The number of hydrogen-bond acceptors (Lipinski definition) is 8. The molecule has 0 aliphatic rings. The summed E-state index contributed by atoms with van der Waals surface area (Å²) in [6.45, 7) is 8.21. The smallest absolute Gasteiger partial charge is 0.222 e. The molecule has 0 saturated heterocycles. The second-order valence-corrected chi connectivity index (χ2v) is 11.4. The van der Waals surface area contributed by atoms with Gasteiger partial charge in [-0.05, 0) is 72.8 Å². The Labute approximate surface area is 245 Å². The van der Waals surface area contributed by atoms with E-state index in [1.54, 1.807) is 7.05 Å². The van der Waals surface area contributed by atoms with Crippen LogP contribution >= 0.6 is 0 Å². The Hall–Kier alpha value is -2.95. The molecule has 234 valence electrons. The van der Waals surface area contributed by atoms with Gasteiger partial charge in [0.05, 0.1) is 0 Å². The van der Waals surface area contributed by atoms with Crippen LogP contribution in [0, 0.1) is 5.92 Å². The zero-order valence-electron chi connectivity index (χ0n) is 25.9. The number of rotatable bonds is 24. The van der Waals surface area contributed by atoms with Crippen LogP contribution in [0.4, 0.5) is 0 Å². The molecule has 0 radical (unpaired) electrons. The maximum Gasteiger partial charge on any atom is 0.222 e. The average molecular weight is 581 g/mol. The number of nitrogens with one attached hydrogen (secondary N) is 4. The van der Waals surface area contributed by atoms with E-state index in [9.17, 15) is 33.6 Å². The maximum atomic E-state index is 12.9. The van der Waals surface area contributed by atoms with Crippen LogP contribution in [0.1, 0.15) is 112 Å². The normalized spacial score (nSPS) is 13.8. The molecule has 0 heterocycles. The molecule has 0 bridgehead atoms. The van der Waals surface area contributed by atoms with Gasteiger partial charge in [-0.3, -0.25) is 19.2 Å². The molecule has 0 saturated carbocycles. The molecule has 0 spiro atoms. The minimum atomic E-state index is -0.535. The van der Waals surface area contributed by atoms with Gasteiger partial charge in [-0.2, -0.15) is 0 Å². The van der Waals surface area contributed by atoms with Crippen LogP contribution < -0.4 is 21.3 Å². The summed E-state index contributed by atoms with van der Waals surface area (Å²) in [5, 5.41) is 11.6. The summed E-state index contributed by atoms with van der Waals surface area (Å²) in [5.74, 6) is -0.683. The Morgan fingerprint density at radius 1 is 0.537 bits per heavy atom. The van der Waals surface area contributed by atoms with Crippen molar-refractivity contribution in [3.8, 4) is 0 Å². The highest BCUT2D eigenvalue weighted by atomic mass is 16.2. The molecule has 3 amide bonds. The number of carbonyl (C=O) groups excluding carboxylic acids is 7. The van der Waals surface area contributed by atoms with Crippen molar-refractivity contribution in [2.24, 2.45) is 5.92 Å². The summed E-state index contributed by atoms with van der Waals surface area (Å²) < 4.78 is 0. The first-order valence-electron chi connectivity index (χ1n) is 14.7. The third-order valence-electron chi connectivity index (χ3n) is 6.80. The highest BCUT2D eigenvalue weighted by Gasteiger charge is 2.21. The molecule has 4 atom stereocenters. The molecule has 0 aromatic heterocycles. The molecule has 0 rings (SSSR count). The van der Waals surface area contributed by atoms with Crippen molar-refractivity contribution in [1.29, 1.82) is 0 Å². The quantitative estimate of drug-likeness (QED) is 0.126.